The van der Waals surface area contributed by atoms with Gasteiger partial charge in [0.15, 0.2) is 0 Å². The average molecular weight is 364 g/mol. The first-order valence-corrected chi connectivity index (χ1v) is 6.12. The number of halogens is 2. The molecule has 0 aliphatic rings. The summed E-state index contributed by atoms with van der Waals surface area (Å²) >= 11 is 2.12. The third-order valence-electron chi connectivity index (χ3n) is 2.20. The number of alkyl halides is 1. The number of nitrogens with zero attached hydrogens (tertiary/aromatic N) is 2. The van der Waals surface area contributed by atoms with Gasteiger partial charge in [0.2, 0.25) is 12.7 Å². The van der Waals surface area contributed by atoms with Gasteiger partial charge < -0.3 is 14.7 Å². The molecule has 5 nitrogen and oxygen atoms in total. The zero-order chi connectivity index (χ0) is 13.0. The highest BCUT2D eigenvalue weighted by Gasteiger charge is 2.09. The van der Waals surface area contributed by atoms with Gasteiger partial charge >= 0.3 is 0 Å². The second kappa shape index (κ2) is 5.89. The number of rotatable bonds is 5. The second-order valence-electron chi connectivity index (χ2n) is 3.33. The highest BCUT2D eigenvalue weighted by atomic mass is 127. The summed E-state index contributed by atoms with van der Waals surface area (Å²) in [7, 11) is 0. The van der Waals surface area contributed by atoms with Gasteiger partial charge in [0.1, 0.15) is 12.4 Å². The predicted molar refractivity (Wildman–Crippen MR) is 69.5 cm³/mol. The van der Waals surface area contributed by atoms with Gasteiger partial charge in [-0.3, -0.25) is 0 Å². The van der Waals surface area contributed by atoms with Crippen molar-refractivity contribution in [1.82, 2.24) is 9.94 Å². The maximum Gasteiger partial charge on any atom is 0.236 e. The molecule has 1 aromatic carbocycles. The molecule has 0 amide bonds. The number of benzene rings is 1. The molecule has 96 valence electrons. The number of ether oxygens (including phenoxy) is 2. The van der Waals surface area contributed by atoms with Crippen molar-refractivity contribution in [3.05, 3.63) is 39.6 Å². The lowest BCUT2D eigenvalue weighted by Crippen LogP contribution is -2.03. The van der Waals surface area contributed by atoms with E-state index >= 15 is 0 Å². The Morgan fingerprint density at radius 2 is 2.17 bits per heavy atom. The standard InChI is InChI=1S/C11H10FIN2O3/c12-7-18-10-3-1-2-9(13)8(10)6-17-11-4-5-15(16)14-11/h1-5,16H,6-7H2. The van der Waals surface area contributed by atoms with Crippen molar-refractivity contribution < 1.29 is 19.1 Å². The largest absolute Gasteiger partial charge is 0.471 e. The molecule has 0 atom stereocenters. The van der Waals surface area contributed by atoms with Crippen LogP contribution in [0.1, 0.15) is 5.56 Å². The van der Waals surface area contributed by atoms with Gasteiger partial charge in [0.25, 0.3) is 0 Å². The lowest BCUT2D eigenvalue weighted by molar-refractivity contribution is 0.140. The van der Waals surface area contributed by atoms with E-state index in [1.807, 2.05) is 6.07 Å². The van der Waals surface area contributed by atoms with Crippen LogP contribution in [0, 0.1) is 3.57 Å². The Bertz CT molecular complexity index is 533. The fourth-order valence-corrected chi connectivity index (χ4v) is 2.02. The van der Waals surface area contributed by atoms with Crippen molar-refractivity contribution in [3.8, 4) is 11.6 Å². The highest BCUT2D eigenvalue weighted by Crippen LogP contribution is 2.25. The van der Waals surface area contributed by atoms with Crippen LogP contribution in [-0.2, 0) is 6.61 Å². The Kier molecular flexibility index (Phi) is 4.24. The summed E-state index contributed by atoms with van der Waals surface area (Å²) in [4.78, 5) is 0.657. The highest BCUT2D eigenvalue weighted by molar-refractivity contribution is 14.1. The summed E-state index contributed by atoms with van der Waals surface area (Å²) in [6.45, 7) is -0.705. The van der Waals surface area contributed by atoms with Crippen LogP contribution in [0.5, 0.6) is 11.6 Å². The van der Waals surface area contributed by atoms with Crippen LogP contribution >= 0.6 is 22.6 Å². The molecule has 0 saturated carbocycles. The smallest absolute Gasteiger partial charge is 0.236 e. The lowest BCUT2D eigenvalue weighted by atomic mass is 10.2. The van der Waals surface area contributed by atoms with E-state index in [1.54, 1.807) is 12.1 Å². The molecule has 0 saturated heterocycles. The van der Waals surface area contributed by atoms with E-state index in [9.17, 15) is 4.39 Å². The lowest BCUT2D eigenvalue weighted by Gasteiger charge is -2.11. The topological polar surface area (TPSA) is 56.5 Å². The number of hydrogen-bond acceptors (Lipinski definition) is 4. The molecule has 0 bridgehead atoms. The monoisotopic (exact) mass is 364 g/mol. The van der Waals surface area contributed by atoms with Crippen LogP contribution in [0.2, 0.25) is 0 Å². The van der Waals surface area contributed by atoms with E-state index in [4.69, 9.17) is 14.7 Å². The number of aromatic nitrogens is 2. The Morgan fingerprint density at radius 1 is 1.33 bits per heavy atom. The molecule has 0 fully saturated rings. The third kappa shape index (κ3) is 3.03. The van der Waals surface area contributed by atoms with Crippen LogP contribution in [0.4, 0.5) is 4.39 Å². The summed E-state index contributed by atoms with van der Waals surface area (Å²) in [5.41, 5.74) is 0.739. The van der Waals surface area contributed by atoms with Crippen molar-refractivity contribution in [3.63, 3.8) is 0 Å². The van der Waals surface area contributed by atoms with Crippen molar-refractivity contribution in [2.24, 2.45) is 0 Å². The predicted octanol–water partition coefficient (Wildman–Crippen LogP) is 2.61. The molecule has 0 radical (unpaired) electrons. The number of hydrogen-bond donors (Lipinski definition) is 1. The maximum atomic E-state index is 12.2. The van der Waals surface area contributed by atoms with E-state index in [-0.39, 0.29) is 12.5 Å². The summed E-state index contributed by atoms with van der Waals surface area (Å²) in [6.07, 6.45) is 1.35. The van der Waals surface area contributed by atoms with Crippen molar-refractivity contribution in [2.45, 2.75) is 6.61 Å². The molecule has 0 aliphatic heterocycles. The Hall–Kier alpha value is -1.51. The van der Waals surface area contributed by atoms with Gasteiger partial charge in [-0.1, -0.05) is 11.2 Å². The van der Waals surface area contributed by atoms with Gasteiger partial charge in [0, 0.05) is 15.2 Å². The fourth-order valence-electron chi connectivity index (χ4n) is 1.39. The molecule has 2 aromatic rings. The van der Waals surface area contributed by atoms with Crippen LogP contribution < -0.4 is 9.47 Å². The van der Waals surface area contributed by atoms with Gasteiger partial charge in [-0.15, -0.1) is 4.85 Å². The molecule has 18 heavy (non-hydrogen) atoms. The molecule has 1 N–H and O–H groups in total. The van der Waals surface area contributed by atoms with E-state index in [2.05, 4.69) is 27.7 Å². The minimum atomic E-state index is -0.891. The SMILES string of the molecule is On1ccc(OCc2c(I)cccc2OCF)n1. The Morgan fingerprint density at radius 3 is 2.83 bits per heavy atom. The van der Waals surface area contributed by atoms with E-state index in [0.29, 0.717) is 10.6 Å². The Balaban J connectivity index is 2.12. The molecule has 0 aliphatic carbocycles. The molecule has 1 heterocycles. The molecule has 2 rings (SSSR count). The van der Waals surface area contributed by atoms with E-state index < -0.39 is 6.86 Å². The third-order valence-corrected chi connectivity index (χ3v) is 3.21. The summed E-state index contributed by atoms with van der Waals surface area (Å²) in [5.74, 6) is 0.719. The maximum absolute atomic E-state index is 12.2. The van der Waals surface area contributed by atoms with Gasteiger partial charge in [-0.05, 0) is 34.7 Å². The normalized spacial score (nSPS) is 10.3. The second-order valence-corrected chi connectivity index (χ2v) is 4.50. The van der Waals surface area contributed by atoms with Crippen LogP contribution in [0.3, 0.4) is 0 Å². The zero-order valence-corrected chi connectivity index (χ0v) is 11.4. The zero-order valence-electron chi connectivity index (χ0n) is 9.22. The first-order chi connectivity index (χ1) is 8.70. The van der Waals surface area contributed by atoms with Crippen LogP contribution in [0.15, 0.2) is 30.5 Å². The first-order valence-electron chi connectivity index (χ1n) is 5.04. The van der Waals surface area contributed by atoms with Gasteiger partial charge in [0.05, 0.1) is 6.20 Å². The minimum Gasteiger partial charge on any atom is -0.471 e. The van der Waals surface area contributed by atoms with Crippen molar-refractivity contribution in [2.75, 3.05) is 6.86 Å². The quantitative estimate of drug-likeness (QED) is 0.655. The van der Waals surface area contributed by atoms with Crippen molar-refractivity contribution >= 4 is 22.6 Å². The summed E-state index contributed by atoms with van der Waals surface area (Å²) in [6, 6.07) is 6.84. The van der Waals surface area contributed by atoms with E-state index in [0.717, 1.165) is 9.13 Å². The van der Waals surface area contributed by atoms with Gasteiger partial charge in [-0.25, -0.2) is 4.39 Å². The molecule has 1 aromatic heterocycles. The van der Waals surface area contributed by atoms with E-state index in [1.165, 1.54) is 12.3 Å². The molecule has 0 unspecified atom stereocenters. The van der Waals surface area contributed by atoms with Crippen LogP contribution in [0.25, 0.3) is 0 Å². The Labute approximate surface area is 116 Å². The molecular formula is C11H10FIN2O3. The molecular weight excluding hydrogens is 354 g/mol. The average Bonchev–Trinajstić information content (AvgIpc) is 2.75. The summed E-state index contributed by atoms with van der Waals surface area (Å²) in [5, 5.41) is 12.7. The van der Waals surface area contributed by atoms with Gasteiger partial charge in [-0.2, -0.15) is 0 Å². The van der Waals surface area contributed by atoms with Crippen molar-refractivity contribution in [1.29, 1.82) is 0 Å². The minimum absolute atomic E-state index is 0.186. The van der Waals surface area contributed by atoms with Crippen LogP contribution in [-0.4, -0.2) is 22.0 Å². The fraction of sp³-hybridized carbons (Fsp3) is 0.182. The summed E-state index contributed by atoms with van der Waals surface area (Å²) < 4.78 is 23.4. The molecule has 0 spiro atoms. The molecule has 7 heteroatoms. The first kappa shape index (κ1) is 12.9.